The van der Waals surface area contributed by atoms with Crippen molar-refractivity contribution >= 4 is 5.97 Å². The second-order valence-corrected chi connectivity index (χ2v) is 6.12. The van der Waals surface area contributed by atoms with Crippen molar-refractivity contribution in [3.05, 3.63) is 0 Å². The summed E-state index contributed by atoms with van der Waals surface area (Å²) in [5, 5.41) is 9.14. The first kappa shape index (κ1) is 12.4. The molecule has 0 bridgehead atoms. The fourth-order valence-corrected chi connectivity index (χ4v) is 3.86. The molecule has 0 spiro atoms. The van der Waals surface area contributed by atoms with Gasteiger partial charge in [-0.05, 0) is 45.2 Å². The van der Waals surface area contributed by atoms with Crippen LogP contribution in [0.25, 0.3) is 0 Å². The van der Waals surface area contributed by atoms with Crippen molar-refractivity contribution < 1.29 is 9.90 Å². The Bertz CT molecular complexity index is 315. The predicted molar refractivity (Wildman–Crippen MR) is 69.5 cm³/mol. The molecule has 0 amide bonds. The topological polar surface area (TPSA) is 43.8 Å². The van der Waals surface area contributed by atoms with E-state index < -0.39 is 5.97 Å². The molecule has 3 rings (SSSR count). The van der Waals surface area contributed by atoms with E-state index in [4.69, 9.17) is 5.11 Å². The third-order valence-electron chi connectivity index (χ3n) is 5.13. The average molecular weight is 252 g/mol. The summed E-state index contributed by atoms with van der Waals surface area (Å²) in [6.07, 6.45) is 7.28. The van der Waals surface area contributed by atoms with Crippen molar-refractivity contribution in [2.75, 3.05) is 26.2 Å². The van der Waals surface area contributed by atoms with E-state index in [9.17, 15) is 4.79 Å². The van der Waals surface area contributed by atoms with Crippen LogP contribution in [0.3, 0.4) is 0 Å². The first-order chi connectivity index (χ1) is 8.75. The predicted octanol–water partition coefficient (Wildman–Crippen LogP) is 1.41. The highest BCUT2D eigenvalue weighted by Gasteiger charge is 2.43. The van der Waals surface area contributed by atoms with Crippen LogP contribution in [0.5, 0.6) is 0 Å². The number of hydrogen-bond acceptors (Lipinski definition) is 3. The van der Waals surface area contributed by atoms with Crippen LogP contribution in [0.15, 0.2) is 0 Å². The van der Waals surface area contributed by atoms with Crippen LogP contribution < -0.4 is 0 Å². The minimum absolute atomic E-state index is 0.0925. The van der Waals surface area contributed by atoms with Crippen LogP contribution in [0.2, 0.25) is 0 Å². The number of rotatable bonds is 3. The molecule has 3 aliphatic rings. The van der Waals surface area contributed by atoms with Crippen LogP contribution in [-0.2, 0) is 4.79 Å². The Balaban J connectivity index is 1.53. The Morgan fingerprint density at radius 3 is 2.33 bits per heavy atom. The molecule has 1 saturated carbocycles. The Morgan fingerprint density at radius 1 is 0.944 bits per heavy atom. The number of carbonyl (C=O) groups is 1. The maximum atomic E-state index is 11.1. The monoisotopic (exact) mass is 252 g/mol. The smallest absolute Gasteiger partial charge is 0.308 e. The maximum Gasteiger partial charge on any atom is 0.308 e. The van der Waals surface area contributed by atoms with Crippen LogP contribution in [0.4, 0.5) is 0 Å². The van der Waals surface area contributed by atoms with Gasteiger partial charge in [0.05, 0.1) is 5.92 Å². The van der Waals surface area contributed by atoms with Crippen LogP contribution in [0.1, 0.15) is 38.5 Å². The number of carboxylic acids is 1. The largest absolute Gasteiger partial charge is 0.481 e. The van der Waals surface area contributed by atoms with Gasteiger partial charge in [-0.1, -0.05) is 6.42 Å². The van der Waals surface area contributed by atoms with Crippen molar-refractivity contribution in [3.8, 4) is 0 Å². The average Bonchev–Trinajstić information content (AvgIpc) is 2.77. The van der Waals surface area contributed by atoms with Gasteiger partial charge >= 0.3 is 5.97 Å². The maximum absolute atomic E-state index is 11.1. The lowest BCUT2D eigenvalue weighted by Gasteiger charge is -2.41. The molecule has 18 heavy (non-hydrogen) atoms. The van der Waals surface area contributed by atoms with E-state index in [-0.39, 0.29) is 5.92 Å². The highest BCUT2D eigenvalue weighted by atomic mass is 16.4. The number of piperidine rings is 1. The van der Waals surface area contributed by atoms with E-state index in [0.29, 0.717) is 12.1 Å². The third kappa shape index (κ3) is 2.28. The minimum Gasteiger partial charge on any atom is -0.481 e. The molecule has 1 N–H and O–H groups in total. The van der Waals surface area contributed by atoms with Gasteiger partial charge in [-0.15, -0.1) is 0 Å². The molecule has 1 aliphatic carbocycles. The summed E-state index contributed by atoms with van der Waals surface area (Å²) in [6, 6.07) is 1.03. The van der Waals surface area contributed by atoms with Crippen molar-refractivity contribution in [2.45, 2.75) is 50.6 Å². The molecule has 0 aromatic carbocycles. The van der Waals surface area contributed by atoms with Gasteiger partial charge in [0, 0.05) is 25.2 Å². The fraction of sp³-hybridized carbons (Fsp3) is 0.929. The van der Waals surface area contributed by atoms with Gasteiger partial charge in [0.25, 0.3) is 0 Å². The summed E-state index contributed by atoms with van der Waals surface area (Å²) >= 11 is 0. The Hall–Kier alpha value is -0.610. The van der Waals surface area contributed by atoms with Gasteiger partial charge in [0.2, 0.25) is 0 Å². The molecule has 102 valence electrons. The van der Waals surface area contributed by atoms with Gasteiger partial charge in [0.15, 0.2) is 0 Å². The Labute approximate surface area is 109 Å². The molecular weight excluding hydrogens is 228 g/mol. The Morgan fingerprint density at radius 2 is 1.72 bits per heavy atom. The molecule has 3 fully saturated rings. The molecule has 4 heteroatoms. The summed E-state index contributed by atoms with van der Waals surface area (Å²) in [6.45, 7) is 4.72. The molecule has 2 saturated heterocycles. The van der Waals surface area contributed by atoms with Gasteiger partial charge in [-0.3, -0.25) is 14.6 Å². The number of hydrogen-bond donors (Lipinski definition) is 1. The van der Waals surface area contributed by atoms with Gasteiger partial charge < -0.3 is 5.11 Å². The van der Waals surface area contributed by atoms with E-state index >= 15 is 0 Å². The van der Waals surface area contributed by atoms with E-state index in [0.717, 1.165) is 25.9 Å². The molecule has 2 aliphatic heterocycles. The SMILES string of the molecule is O=C(O)C1CCC1N1CCC(N2CCCCC2)C1. The van der Waals surface area contributed by atoms with Crippen molar-refractivity contribution in [1.29, 1.82) is 0 Å². The molecule has 0 aromatic rings. The summed E-state index contributed by atoms with van der Waals surface area (Å²) in [5.74, 6) is -0.683. The van der Waals surface area contributed by atoms with E-state index in [1.807, 2.05) is 0 Å². The lowest BCUT2D eigenvalue weighted by Crippen LogP contribution is -2.50. The zero-order valence-electron chi connectivity index (χ0n) is 11.1. The zero-order valence-corrected chi connectivity index (χ0v) is 11.1. The standard InChI is InChI=1S/C14H24N2O2/c17-14(18)12-4-5-13(12)16-9-6-11(10-16)15-7-2-1-3-8-15/h11-13H,1-10H2,(H,17,18). The van der Waals surface area contributed by atoms with Crippen molar-refractivity contribution in [2.24, 2.45) is 5.92 Å². The lowest BCUT2D eigenvalue weighted by atomic mass is 9.78. The van der Waals surface area contributed by atoms with Gasteiger partial charge in [-0.2, -0.15) is 0 Å². The lowest BCUT2D eigenvalue weighted by molar-refractivity contribution is -0.148. The summed E-state index contributed by atoms with van der Waals surface area (Å²) in [5.41, 5.74) is 0. The van der Waals surface area contributed by atoms with Crippen LogP contribution in [-0.4, -0.2) is 59.1 Å². The van der Waals surface area contributed by atoms with E-state index in [1.54, 1.807) is 0 Å². The Kier molecular flexibility index (Phi) is 3.57. The quantitative estimate of drug-likeness (QED) is 0.825. The minimum atomic E-state index is -0.590. The molecule has 2 heterocycles. The zero-order chi connectivity index (χ0) is 12.5. The van der Waals surface area contributed by atoms with Gasteiger partial charge in [0.1, 0.15) is 0 Å². The van der Waals surface area contributed by atoms with Crippen molar-refractivity contribution in [3.63, 3.8) is 0 Å². The fourth-order valence-electron chi connectivity index (χ4n) is 3.86. The van der Waals surface area contributed by atoms with E-state index in [2.05, 4.69) is 9.80 Å². The molecule has 0 aromatic heterocycles. The van der Waals surface area contributed by atoms with Crippen LogP contribution in [0, 0.1) is 5.92 Å². The highest BCUT2D eigenvalue weighted by molar-refractivity contribution is 5.72. The normalized spacial score (nSPS) is 38.6. The summed E-state index contributed by atoms with van der Waals surface area (Å²) in [4.78, 5) is 16.2. The van der Waals surface area contributed by atoms with Crippen LogP contribution >= 0.6 is 0 Å². The van der Waals surface area contributed by atoms with E-state index in [1.165, 1.54) is 38.8 Å². The molecule has 4 nitrogen and oxygen atoms in total. The van der Waals surface area contributed by atoms with Crippen molar-refractivity contribution in [1.82, 2.24) is 9.80 Å². The first-order valence-electron chi connectivity index (χ1n) is 7.46. The highest BCUT2D eigenvalue weighted by Crippen LogP contribution is 2.35. The number of carboxylic acid groups (broad SMARTS) is 1. The van der Waals surface area contributed by atoms with Gasteiger partial charge in [-0.25, -0.2) is 0 Å². The second-order valence-electron chi connectivity index (χ2n) is 6.12. The summed E-state index contributed by atoms with van der Waals surface area (Å²) in [7, 11) is 0. The third-order valence-corrected chi connectivity index (χ3v) is 5.13. The number of likely N-dealkylation sites (tertiary alicyclic amines) is 2. The molecule has 3 atom stereocenters. The first-order valence-corrected chi connectivity index (χ1v) is 7.46. The molecule has 3 unspecified atom stereocenters. The second kappa shape index (κ2) is 5.17. The number of aliphatic carboxylic acids is 1. The molecule has 0 radical (unpaired) electrons. The molecular formula is C14H24N2O2. The summed E-state index contributed by atoms with van der Waals surface area (Å²) < 4.78 is 0. The number of nitrogens with zero attached hydrogens (tertiary/aromatic N) is 2.